The lowest BCUT2D eigenvalue weighted by molar-refractivity contribution is -0.159. The van der Waals surface area contributed by atoms with E-state index in [2.05, 4.69) is 20.9 Å². The van der Waals surface area contributed by atoms with Crippen LogP contribution in [0.3, 0.4) is 0 Å². The number of nitrogens with one attached hydrogen (secondary N) is 3. The molecule has 0 spiro atoms. The van der Waals surface area contributed by atoms with Crippen molar-refractivity contribution in [3.8, 4) is 11.1 Å². The predicted octanol–water partition coefficient (Wildman–Crippen LogP) is 5.51. The van der Waals surface area contributed by atoms with Crippen LogP contribution in [0.5, 0.6) is 0 Å². The summed E-state index contributed by atoms with van der Waals surface area (Å²) in [4.78, 5) is 81.3. The number of carboxylic acid groups (broad SMARTS) is 1. The second kappa shape index (κ2) is 15.5. The van der Waals surface area contributed by atoms with Crippen LogP contribution in [0.1, 0.15) is 127 Å². The van der Waals surface area contributed by atoms with Crippen molar-refractivity contribution in [3.63, 3.8) is 0 Å². The zero-order chi connectivity index (χ0) is 39.9. The number of carbonyl (C=O) groups excluding carboxylic acids is 5. The maximum atomic E-state index is 13.9. The first kappa shape index (κ1) is 38.5. The smallest absolute Gasteiger partial charge is 0.355 e. The van der Waals surface area contributed by atoms with Crippen LogP contribution in [0.2, 0.25) is 0 Å². The van der Waals surface area contributed by atoms with E-state index in [1.165, 1.54) is 12.6 Å². The normalized spacial score (nSPS) is 26.1. The highest BCUT2D eigenvalue weighted by Crippen LogP contribution is 2.66. The summed E-state index contributed by atoms with van der Waals surface area (Å²) in [6.07, 6.45) is 15.6. The highest BCUT2D eigenvalue weighted by Gasteiger charge is 2.60. The molecule has 14 nitrogen and oxygen atoms in total. The predicted molar refractivity (Wildman–Crippen MR) is 209 cm³/mol. The third-order valence-corrected chi connectivity index (χ3v) is 13.2. The maximum absolute atomic E-state index is 13.9. The molecule has 2 aromatic heterocycles. The molecular weight excluding hydrogens is 727 g/mol. The second-order valence-electron chi connectivity index (χ2n) is 17.2. The molecule has 6 aliphatic rings. The molecule has 3 aromatic rings. The number of hydrogen-bond donors (Lipinski definition) is 4. The lowest BCUT2D eigenvalue weighted by atomic mass is 9.44. The highest BCUT2D eigenvalue weighted by molar-refractivity contribution is 6.25. The van der Waals surface area contributed by atoms with Crippen molar-refractivity contribution in [1.82, 2.24) is 30.3 Å². The van der Waals surface area contributed by atoms with Crippen LogP contribution >= 0.6 is 0 Å². The molecule has 300 valence electrons. The Morgan fingerprint density at radius 3 is 2.35 bits per heavy atom. The molecule has 2 aliphatic heterocycles. The Kier molecular flexibility index (Phi) is 10.5. The summed E-state index contributed by atoms with van der Waals surface area (Å²) in [5.74, 6) is -1.82. The van der Waals surface area contributed by atoms with Crippen LogP contribution in [-0.2, 0) is 20.9 Å². The Hall–Kier alpha value is -5.40. The SMILES string of the molecule is Cc1c(-c2cccnc2C(=O)O)cnn1CC12CC3CC(C1)CC(C(=O)NCCCCCCCCNc1cccc4c1C(=O)N(C1CCC(=O)NC1=O)C4=O)(C3)C2. The van der Waals surface area contributed by atoms with Gasteiger partial charge in [0.2, 0.25) is 17.7 Å². The van der Waals surface area contributed by atoms with Crippen LogP contribution in [0.25, 0.3) is 11.1 Å². The summed E-state index contributed by atoms with van der Waals surface area (Å²) in [6.45, 7) is 4.03. The minimum atomic E-state index is -1.06. The number of pyridine rings is 1. The number of benzene rings is 1. The molecule has 9 rings (SSSR count). The first-order valence-electron chi connectivity index (χ1n) is 20.6. The van der Waals surface area contributed by atoms with E-state index >= 15 is 0 Å². The number of nitrogens with zero attached hydrogens (tertiary/aromatic N) is 4. The van der Waals surface area contributed by atoms with Gasteiger partial charge in [-0.05, 0) is 100 Å². The summed E-state index contributed by atoms with van der Waals surface area (Å²) in [7, 11) is 0. The van der Waals surface area contributed by atoms with Crippen molar-refractivity contribution in [2.24, 2.45) is 22.7 Å². The summed E-state index contributed by atoms with van der Waals surface area (Å²) in [5.41, 5.74) is 3.07. The van der Waals surface area contributed by atoms with Crippen LogP contribution in [0.4, 0.5) is 5.69 Å². The first-order valence-corrected chi connectivity index (χ1v) is 20.6. The molecule has 3 atom stereocenters. The van der Waals surface area contributed by atoms with Gasteiger partial charge in [0.15, 0.2) is 5.69 Å². The Labute approximate surface area is 331 Å². The quantitative estimate of drug-likeness (QED) is 0.107. The lowest BCUT2D eigenvalue weighted by Gasteiger charge is -2.61. The van der Waals surface area contributed by atoms with Gasteiger partial charge in [-0.25, -0.2) is 9.78 Å². The topological polar surface area (TPSA) is 193 Å². The largest absolute Gasteiger partial charge is 0.476 e. The number of unbranched alkanes of at least 4 members (excludes halogenated alkanes) is 5. The zero-order valence-corrected chi connectivity index (χ0v) is 32.5. The van der Waals surface area contributed by atoms with Gasteiger partial charge in [-0.1, -0.05) is 37.8 Å². The van der Waals surface area contributed by atoms with Gasteiger partial charge in [0.1, 0.15) is 6.04 Å². The van der Waals surface area contributed by atoms with Gasteiger partial charge in [-0.2, -0.15) is 5.10 Å². The molecule has 5 amide bonds. The van der Waals surface area contributed by atoms with Gasteiger partial charge in [0.05, 0.1) is 22.7 Å². The van der Waals surface area contributed by atoms with Crippen molar-refractivity contribution in [2.45, 2.75) is 109 Å². The van der Waals surface area contributed by atoms with Gasteiger partial charge in [0.25, 0.3) is 11.8 Å². The first-order chi connectivity index (χ1) is 27.5. The molecule has 4 heterocycles. The van der Waals surface area contributed by atoms with Crippen molar-refractivity contribution < 1.29 is 33.9 Å². The zero-order valence-electron chi connectivity index (χ0n) is 32.5. The molecule has 4 aliphatic carbocycles. The molecule has 0 radical (unpaired) electrons. The van der Waals surface area contributed by atoms with Crippen LogP contribution < -0.4 is 16.0 Å². The number of imide groups is 2. The standard InChI is InChI=1S/C43H51N7O7/c1-26-31(29-11-9-17-45-36(29)40(55)56)23-47-49(26)25-42-19-27-18-28(20-42)22-43(21-27,24-42)41(57)46-16-7-5-3-2-4-6-15-44-32-12-8-10-30-35(32)39(54)50(38(30)53)33-13-14-34(51)48-37(33)52/h8-12,17,23,27-28,33,44H,2-7,13-16,18-22,24-25H2,1H3,(H,46,57)(H,55,56)(H,48,51,52). The summed E-state index contributed by atoms with van der Waals surface area (Å²) in [6, 6.07) is 7.63. The van der Waals surface area contributed by atoms with Gasteiger partial charge in [-0.15, -0.1) is 0 Å². The van der Waals surface area contributed by atoms with Crippen molar-refractivity contribution >= 4 is 41.2 Å². The van der Waals surface area contributed by atoms with Crippen molar-refractivity contribution in [2.75, 3.05) is 18.4 Å². The van der Waals surface area contributed by atoms with Crippen molar-refractivity contribution in [1.29, 1.82) is 0 Å². The van der Waals surface area contributed by atoms with E-state index in [0.717, 1.165) is 93.3 Å². The minimum absolute atomic E-state index is 0.00144. The minimum Gasteiger partial charge on any atom is -0.476 e. The number of rotatable bonds is 16. The van der Waals surface area contributed by atoms with Gasteiger partial charge in [0, 0.05) is 54.8 Å². The number of anilines is 1. The number of fused-ring (bicyclic) bond motifs is 1. The molecule has 4 N–H and O–H groups in total. The molecule has 5 fully saturated rings. The summed E-state index contributed by atoms with van der Waals surface area (Å²) in [5, 5.41) is 23.3. The number of carbonyl (C=O) groups is 6. The van der Waals surface area contributed by atoms with Crippen LogP contribution in [-0.4, -0.2) is 79.4 Å². The number of piperidine rings is 1. The fourth-order valence-electron chi connectivity index (χ4n) is 11.1. The average molecular weight is 778 g/mol. The number of aromatic nitrogens is 3. The fraction of sp³-hybridized carbons (Fsp3) is 0.535. The van der Waals surface area contributed by atoms with E-state index in [0.29, 0.717) is 36.2 Å². The average Bonchev–Trinajstić information content (AvgIpc) is 3.65. The molecule has 1 saturated heterocycles. The Bertz CT molecular complexity index is 2110. The van der Waals surface area contributed by atoms with Crippen LogP contribution in [0, 0.1) is 29.6 Å². The van der Waals surface area contributed by atoms with E-state index in [4.69, 9.17) is 5.10 Å². The summed E-state index contributed by atoms with van der Waals surface area (Å²) >= 11 is 0. The molecule has 57 heavy (non-hydrogen) atoms. The molecule has 1 aromatic carbocycles. The Morgan fingerprint density at radius 1 is 0.895 bits per heavy atom. The molecule has 4 bridgehead atoms. The third kappa shape index (κ3) is 7.34. The van der Waals surface area contributed by atoms with E-state index in [-0.39, 0.29) is 46.4 Å². The maximum Gasteiger partial charge on any atom is 0.355 e. The van der Waals surface area contributed by atoms with Gasteiger partial charge < -0.3 is 15.7 Å². The third-order valence-electron chi connectivity index (χ3n) is 13.2. The molecule has 4 saturated carbocycles. The number of hydrogen-bond acceptors (Lipinski definition) is 9. The Balaban J connectivity index is 0.771. The highest BCUT2D eigenvalue weighted by atomic mass is 16.4. The molecule has 3 unspecified atom stereocenters. The number of aromatic carboxylic acids is 1. The molecule has 14 heteroatoms. The Morgan fingerprint density at radius 2 is 1.61 bits per heavy atom. The lowest BCUT2D eigenvalue weighted by Crippen LogP contribution is -2.58. The van der Waals surface area contributed by atoms with Gasteiger partial charge in [-0.3, -0.25) is 38.9 Å². The number of amides is 5. The molecular formula is C43H51N7O7. The number of carboxylic acids is 1. The second-order valence-corrected chi connectivity index (χ2v) is 17.2. The van der Waals surface area contributed by atoms with E-state index < -0.39 is 35.6 Å². The monoisotopic (exact) mass is 777 g/mol. The van der Waals surface area contributed by atoms with E-state index in [1.54, 1.807) is 36.5 Å². The fourth-order valence-corrected chi connectivity index (χ4v) is 11.1. The van der Waals surface area contributed by atoms with Crippen molar-refractivity contribution in [3.05, 3.63) is 65.2 Å². The van der Waals surface area contributed by atoms with Gasteiger partial charge >= 0.3 is 5.97 Å². The van der Waals surface area contributed by atoms with E-state index in [9.17, 15) is 33.9 Å². The summed E-state index contributed by atoms with van der Waals surface area (Å²) < 4.78 is 2.03. The van der Waals surface area contributed by atoms with Crippen LogP contribution in [0.15, 0.2) is 42.7 Å². The van der Waals surface area contributed by atoms with E-state index in [1.807, 2.05) is 11.6 Å².